The van der Waals surface area contributed by atoms with Crippen molar-refractivity contribution in [1.29, 1.82) is 0 Å². The van der Waals surface area contributed by atoms with Gasteiger partial charge in [0, 0.05) is 23.7 Å². The van der Waals surface area contributed by atoms with E-state index in [1.807, 2.05) is 66.7 Å². The molecule has 1 aliphatic heterocycles. The Labute approximate surface area is 233 Å². The minimum atomic E-state index is -1.23. The molecule has 1 aliphatic rings. The van der Waals surface area contributed by atoms with Gasteiger partial charge < -0.3 is 24.4 Å². The average molecular weight is 541 g/mol. The number of nitrogens with one attached hydrogen (secondary N) is 1. The van der Waals surface area contributed by atoms with Crippen LogP contribution in [0, 0.1) is 0 Å². The summed E-state index contributed by atoms with van der Waals surface area (Å²) in [6.45, 7) is 2.46. The number of ether oxygens (including phenoxy) is 3. The number of amides is 2. The van der Waals surface area contributed by atoms with E-state index in [0.29, 0.717) is 29.4 Å². The van der Waals surface area contributed by atoms with Crippen LogP contribution in [0.5, 0.6) is 17.2 Å². The van der Waals surface area contributed by atoms with Gasteiger partial charge in [-0.1, -0.05) is 30.3 Å². The fraction of sp³-hybridized carbons (Fsp3) is 0.258. The van der Waals surface area contributed by atoms with E-state index in [1.54, 1.807) is 50.0 Å². The summed E-state index contributed by atoms with van der Waals surface area (Å²) in [6.07, 6.45) is 0. The van der Waals surface area contributed by atoms with Gasteiger partial charge in [-0.15, -0.1) is 0 Å². The van der Waals surface area contributed by atoms with Crippen LogP contribution in [0.1, 0.15) is 28.5 Å². The van der Waals surface area contributed by atoms with E-state index >= 15 is 0 Å². The van der Waals surface area contributed by atoms with Crippen LogP contribution in [-0.4, -0.2) is 53.4 Å². The number of fused-ring (bicyclic) bond motifs is 1. The zero-order chi connectivity index (χ0) is 28.3. The summed E-state index contributed by atoms with van der Waals surface area (Å²) in [6, 6.07) is 24.3. The molecule has 3 aromatic carbocycles. The Morgan fingerprint density at radius 3 is 2.30 bits per heavy atom. The van der Waals surface area contributed by atoms with Crippen molar-refractivity contribution in [3.63, 3.8) is 0 Å². The first-order valence-corrected chi connectivity index (χ1v) is 12.9. The smallest absolute Gasteiger partial charge is 0.273 e. The predicted molar refractivity (Wildman–Crippen MR) is 150 cm³/mol. The molecule has 0 spiro atoms. The van der Waals surface area contributed by atoms with Crippen LogP contribution in [0.25, 0.3) is 11.3 Å². The van der Waals surface area contributed by atoms with E-state index < -0.39 is 5.54 Å². The third-order valence-electron chi connectivity index (χ3n) is 7.29. The van der Waals surface area contributed by atoms with Crippen molar-refractivity contribution in [1.82, 2.24) is 20.0 Å². The maximum Gasteiger partial charge on any atom is 0.273 e. The molecule has 1 aromatic heterocycles. The molecule has 0 saturated carbocycles. The van der Waals surface area contributed by atoms with Gasteiger partial charge in [0.25, 0.3) is 5.91 Å². The van der Waals surface area contributed by atoms with Crippen LogP contribution >= 0.6 is 0 Å². The minimum Gasteiger partial charge on any atom is -0.497 e. The molecule has 9 nitrogen and oxygen atoms in total. The maximum absolute atomic E-state index is 14.1. The topological polar surface area (TPSA) is 94.9 Å². The summed E-state index contributed by atoms with van der Waals surface area (Å²) in [5.74, 6) is 1.36. The number of nitrogens with zero attached hydrogens (tertiary/aromatic N) is 3. The van der Waals surface area contributed by atoms with Crippen molar-refractivity contribution < 1.29 is 23.8 Å². The van der Waals surface area contributed by atoms with Gasteiger partial charge in [-0.25, -0.2) is 0 Å². The Hall–Kier alpha value is -4.79. The van der Waals surface area contributed by atoms with Gasteiger partial charge >= 0.3 is 0 Å². The third kappa shape index (κ3) is 5.10. The molecule has 0 bridgehead atoms. The highest BCUT2D eigenvalue weighted by Gasteiger charge is 2.48. The molecule has 0 aliphatic carbocycles. The molecule has 0 radical (unpaired) electrons. The van der Waals surface area contributed by atoms with Crippen molar-refractivity contribution in [2.75, 3.05) is 21.3 Å². The molecular weight excluding hydrogens is 508 g/mol. The number of rotatable bonds is 9. The van der Waals surface area contributed by atoms with Crippen LogP contribution in [0.3, 0.4) is 0 Å². The van der Waals surface area contributed by atoms with Crippen molar-refractivity contribution in [2.24, 2.45) is 0 Å². The van der Waals surface area contributed by atoms with E-state index in [0.717, 1.165) is 22.4 Å². The number of carbonyl (C=O) groups is 2. The molecule has 1 atom stereocenters. The maximum atomic E-state index is 14.1. The quantitative estimate of drug-likeness (QED) is 0.340. The number of hydrogen-bond acceptors (Lipinski definition) is 6. The second kappa shape index (κ2) is 11.1. The van der Waals surface area contributed by atoms with Crippen LogP contribution in [0.2, 0.25) is 0 Å². The largest absolute Gasteiger partial charge is 0.497 e. The second-order valence-corrected chi connectivity index (χ2v) is 9.81. The van der Waals surface area contributed by atoms with Gasteiger partial charge in [0.15, 0.2) is 0 Å². The molecule has 4 aromatic rings. The second-order valence-electron chi connectivity index (χ2n) is 9.81. The third-order valence-corrected chi connectivity index (χ3v) is 7.29. The normalized spacial score (nSPS) is 16.3. The Morgan fingerprint density at radius 1 is 0.925 bits per heavy atom. The fourth-order valence-electron chi connectivity index (χ4n) is 4.91. The summed E-state index contributed by atoms with van der Waals surface area (Å²) in [5.41, 5.74) is 2.38. The van der Waals surface area contributed by atoms with Crippen LogP contribution in [0.4, 0.5) is 0 Å². The molecule has 0 fully saturated rings. The molecule has 0 unspecified atom stereocenters. The van der Waals surface area contributed by atoms with Gasteiger partial charge in [0.05, 0.1) is 40.1 Å². The summed E-state index contributed by atoms with van der Waals surface area (Å²) in [7, 11) is 4.76. The summed E-state index contributed by atoms with van der Waals surface area (Å²) < 4.78 is 17.8. The zero-order valence-corrected chi connectivity index (χ0v) is 23.0. The first-order chi connectivity index (χ1) is 19.4. The first kappa shape index (κ1) is 26.8. The summed E-state index contributed by atoms with van der Waals surface area (Å²) in [4.78, 5) is 29.5. The van der Waals surface area contributed by atoms with Gasteiger partial charge in [0.1, 0.15) is 28.5 Å². The highest BCUT2D eigenvalue weighted by molar-refractivity contribution is 6.00. The number of benzene rings is 3. The lowest BCUT2D eigenvalue weighted by Crippen LogP contribution is -2.63. The molecule has 2 amide bonds. The highest BCUT2D eigenvalue weighted by Crippen LogP contribution is 2.34. The number of carbonyl (C=O) groups excluding carboxylic acids is 2. The Morgan fingerprint density at radius 2 is 1.62 bits per heavy atom. The summed E-state index contributed by atoms with van der Waals surface area (Å²) >= 11 is 0. The molecule has 2 heterocycles. The van der Waals surface area contributed by atoms with E-state index in [1.165, 1.54) is 0 Å². The lowest BCUT2D eigenvalue weighted by Gasteiger charge is -2.43. The Bertz CT molecular complexity index is 1520. The van der Waals surface area contributed by atoms with Gasteiger partial charge in [-0.2, -0.15) is 5.10 Å². The standard InChI is InChI=1S/C31H32N4O5/c1-31(30(37)32-18-21-8-6-5-7-9-21)20-35-27(17-26(33-35)22-10-13-24(38-2)14-11-22)29(36)34(31)19-23-12-15-25(39-3)16-28(23)40-4/h5-17H,18-20H2,1-4H3,(H,32,37)/t31-/m0/s1. The number of hydrogen-bond donors (Lipinski definition) is 1. The van der Waals surface area contributed by atoms with E-state index in [-0.39, 0.29) is 24.9 Å². The molecule has 5 rings (SSSR count). The lowest BCUT2D eigenvalue weighted by atomic mass is 9.93. The number of aromatic nitrogens is 2. The minimum absolute atomic E-state index is 0.157. The van der Waals surface area contributed by atoms with Gasteiger partial charge in [0.2, 0.25) is 5.91 Å². The summed E-state index contributed by atoms with van der Waals surface area (Å²) in [5, 5.41) is 7.76. The fourth-order valence-corrected chi connectivity index (χ4v) is 4.91. The van der Waals surface area contributed by atoms with Crippen molar-refractivity contribution in [3.8, 4) is 28.5 Å². The van der Waals surface area contributed by atoms with Crippen LogP contribution in [0.15, 0.2) is 78.9 Å². The predicted octanol–water partition coefficient (Wildman–Crippen LogP) is 4.31. The highest BCUT2D eigenvalue weighted by atomic mass is 16.5. The molecule has 1 N–H and O–H groups in total. The van der Waals surface area contributed by atoms with E-state index in [2.05, 4.69) is 5.32 Å². The molecular formula is C31H32N4O5. The van der Waals surface area contributed by atoms with Crippen LogP contribution in [-0.2, 0) is 24.4 Å². The average Bonchev–Trinajstić information content (AvgIpc) is 3.42. The molecule has 0 saturated heterocycles. The number of methoxy groups -OCH3 is 3. The van der Waals surface area contributed by atoms with Crippen LogP contribution < -0.4 is 19.5 Å². The monoisotopic (exact) mass is 540 g/mol. The zero-order valence-electron chi connectivity index (χ0n) is 23.0. The van der Waals surface area contributed by atoms with Crippen molar-refractivity contribution >= 4 is 11.8 Å². The van der Waals surface area contributed by atoms with Gasteiger partial charge in [-0.05, 0) is 55.0 Å². The van der Waals surface area contributed by atoms with Crippen molar-refractivity contribution in [2.45, 2.75) is 32.1 Å². The SMILES string of the molecule is COc1ccc(-c2cc3n(n2)C[C@@](C)(C(=O)NCc2ccccc2)N(Cc2ccc(OC)cc2OC)C3=O)cc1. The Kier molecular flexibility index (Phi) is 7.46. The van der Waals surface area contributed by atoms with Gasteiger partial charge in [-0.3, -0.25) is 14.3 Å². The first-order valence-electron chi connectivity index (χ1n) is 12.9. The van der Waals surface area contributed by atoms with E-state index in [4.69, 9.17) is 19.3 Å². The molecule has 206 valence electrons. The lowest BCUT2D eigenvalue weighted by molar-refractivity contribution is -0.133. The Balaban J connectivity index is 1.52. The van der Waals surface area contributed by atoms with E-state index in [9.17, 15) is 9.59 Å². The molecule has 9 heteroatoms. The van der Waals surface area contributed by atoms with Crippen molar-refractivity contribution in [3.05, 3.63) is 95.7 Å². The molecule has 40 heavy (non-hydrogen) atoms.